The Morgan fingerprint density at radius 3 is 2.65 bits per heavy atom. The van der Waals surface area contributed by atoms with Gasteiger partial charge in [0.15, 0.2) is 0 Å². The van der Waals surface area contributed by atoms with E-state index in [0.717, 1.165) is 17.3 Å². The zero-order chi connectivity index (χ0) is 16.0. The van der Waals surface area contributed by atoms with Gasteiger partial charge in [0.05, 0.1) is 12.0 Å². The largest absolute Gasteiger partial charge is 0.380 e. The second-order valence-corrected chi connectivity index (χ2v) is 7.32. The molecule has 1 heterocycles. The van der Waals surface area contributed by atoms with Crippen molar-refractivity contribution in [3.05, 3.63) is 69.3 Å². The van der Waals surface area contributed by atoms with Crippen LogP contribution in [-0.2, 0) is 11.2 Å². The number of ether oxygens (including phenoxy) is 1. The number of hydrogen-bond donors (Lipinski definition) is 1. The third-order valence-corrected chi connectivity index (χ3v) is 5.50. The number of hydrogen-bond acceptors (Lipinski definition) is 1. The Morgan fingerprint density at radius 1 is 1.13 bits per heavy atom. The lowest BCUT2D eigenvalue weighted by atomic mass is 9.80. The van der Waals surface area contributed by atoms with Crippen molar-refractivity contribution in [2.45, 2.75) is 31.8 Å². The monoisotopic (exact) mass is 369 g/mol. The van der Waals surface area contributed by atoms with Crippen LogP contribution in [-0.4, -0.2) is 18.2 Å². The van der Waals surface area contributed by atoms with Crippen LogP contribution in [0.4, 0.5) is 0 Å². The number of H-pyrrole nitrogens is 1. The second kappa shape index (κ2) is 5.81. The van der Waals surface area contributed by atoms with Gasteiger partial charge in [-0.05, 0) is 49.1 Å². The first-order valence-electron chi connectivity index (χ1n) is 8.06. The molecule has 2 atom stereocenters. The van der Waals surface area contributed by atoms with Crippen LogP contribution in [0.5, 0.6) is 0 Å². The number of aromatic amines is 1. The molecule has 0 saturated carbocycles. The van der Waals surface area contributed by atoms with Crippen LogP contribution in [0.2, 0.25) is 0 Å². The van der Waals surface area contributed by atoms with Crippen LogP contribution in [0.25, 0.3) is 10.9 Å². The molecule has 2 aromatic carbocycles. The summed E-state index contributed by atoms with van der Waals surface area (Å²) in [7, 11) is 1.83. The molecular formula is C20H20BrNO. The predicted octanol–water partition coefficient (Wildman–Crippen LogP) is 5.33. The summed E-state index contributed by atoms with van der Waals surface area (Å²) in [6, 6.07) is 15.3. The van der Waals surface area contributed by atoms with E-state index in [1.165, 1.54) is 33.3 Å². The maximum atomic E-state index is 5.84. The predicted molar refractivity (Wildman–Crippen MR) is 98.1 cm³/mol. The van der Waals surface area contributed by atoms with E-state index in [1.807, 2.05) is 7.11 Å². The third-order valence-electron chi connectivity index (χ3n) is 5.00. The molecule has 1 aliphatic rings. The van der Waals surface area contributed by atoms with Gasteiger partial charge >= 0.3 is 0 Å². The first kappa shape index (κ1) is 15.0. The molecule has 1 aromatic heterocycles. The molecule has 3 heteroatoms. The summed E-state index contributed by atoms with van der Waals surface area (Å²) in [5.74, 6) is 0.274. The Bertz CT molecular complexity index is 850. The molecule has 0 radical (unpaired) electrons. The Kier molecular flexibility index (Phi) is 3.78. The van der Waals surface area contributed by atoms with Gasteiger partial charge in [-0.1, -0.05) is 45.8 Å². The first-order valence-corrected chi connectivity index (χ1v) is 8.86. The van der Waals surface area contributed by atoms with Crippen LogP contribution >= 0.6 is 15.9 Å². The van der Waals surface area contributed by atoms with E-state index in [9.17, 15) is 0 Å². The minimum Gasteiger partial charge on any atom is -0.380 e. The Balaban J connectivity index is 1.91. The highest BCUT2D eigenvalue weighted by molar-refractivity contribution is 9.10. The first-order chi connectivity index (χ1) is 11.2. The minimum absolute atomic E-state index is 0.224. The summed E-state index contributed by atoms with van der Waals surface area (Å²) in [6.45, 7) is 2.13. The summed E-state index contributed by atoms with van der Waals surface area (Å²) >= 11 is 3.60. The number of aromatic nitrogens is 1. The molecular weight excluding hydrogens is 350 g/mol. The minimum atomic E-state index is 0.224. The SMILES string of the molecule is COC1CCc2c([nH]c3ccc(Br)cc23)C1c1ccc(C)cc1. The molecule has 23 heavy (non-hydrogen) atoms. The van der Waals surface area contributed by atoms with E-state index in [2.05, 4.69) is 70.3 Å². The smallest absolute Gasteiger partial charge is 0.0698 e. The molecule has 0 amide bonds. The van der Waals surface area contributed by atoms with Crippen LogP contribution in [0.3, 0.4) is 0 Å². The van der Waals surface area contributed by atoms with Crippen molar-refractivity contribution in [2.75, 3.05) is 7.11 Å². The zero-order valence-electron chi connectivity index (χ0n) is 13.4. The van der Waals surface area contributed by atoms with Crippen molar-refractivity contribution in [1.82, 2.24) is 4.98 Å². The average molecular weight is 370 g/mol. The molecule has 0 saturated heterocycles. The molecule has 1 aliphatic carbocycles. The van der Waals surface area contributed by atoms with Crippen molar-refractivity contribution < 1.29 is 4.74 Å². The normalized spacial score (nSPS) is 20.7. The number of methoxy groups -OCH3 is 1. The molecule has 0 aliphatic heterocycles. The van der Waals surface area contributed by atoms with Crippen LogP contribution in [0.15, 0.2) is 46.9 Å². The van der Waals surface area contributed by atoms with Gasteiger partial charge < -0.3 is 9.72 Å². The molecule has 0 bridgehead atoms. The molecule has 4 rings (SSSR count). The van der Waals surface area contributed by atoms with Gasteiger partial charge in [-0.2, -0.15) is 0 Å². The van der Waals surface area contributed by atoms with Crippen LogP contribution < -0.4 is 0 Å². The standard InChI is InChI=1S/C20H20BrNO/c1-12-3-5-13(6-4-12)19-18(23-2)10-8-15-16-11-14(21)7-9-17(16)22-20(15)19/h3-7,9,11,18-19,22H,8,10H2,1-2H3. The lowest BCUT2D eigenvalue weighted by molar-refractivity contribution is 0.0759. The Labute approximate surface area is 145 Å². The van der Waals surface area contributed by atoms with E-state index in [4.69, 9.17) is 4.74 Å². The summed E-state index contributed by atoms with van der Waals surface area (Å²) in [5.41, 5.74) is 6.60. The third kappa shape index (κ3) is 2.52. The zero-order valence-corrected chi connectivity index (χ0v) is 15.0. The number of rotatable bonds is 2. The maximum absolute atomic E-state index is 5.84. The molecule has 2 unspecified atom stereocenters. The molecule has 1 N–H and O–H groups in total. The number of halogens is 1. The number of nitrogens with one attached hydrogen (secondary N) is 1. The number of benzene rings is 2. The topological polar surface area (TPSA) is 25.0 Å². The molecule has 2 nitrogen and oxygen atoms in total. The van der Waals surface area contributed by atoms with Gasteiger partial charge in [-0.15, -0.1) is 0 Å². The summed E-state index contributed by atoms with van der Waals surface area (Å²) < 4.78 is 6.97. The summed E-state index contributed by atoms with van der Waals surface area (Å²) in [5, 5.41) is 1.33. The van der Waals surface area contributed by atoms with Gasteiger partial charge in [0.1, 0.15) is 0 Å². The summed E-state index contributed by atoms with van der Waals surface area (Å²) in [4.78, 5) is 3.67. The highest BCUT2D eigenvalue weighted by atomic mass is 79.9. The van der Waals surface area contributed by atoms with Crippen molar-refractivity contribution in [2.24, 2.45) is 0 Å². The fourth-order valence-electron chi connectivity index (χ4n) is 3.82. The molecule has 118 valence electrons. The van der Waals surface area contributed by atoms with Gasteiger partial charge in [0, 0.05) is 28.2 Å². The Hall–Kier alpha value is -1.58. The van der Waals surface area contributed by atoms with E-state index >= 15 is 0 Å². The fourth-order valence-corrected chi connectivity index (χ4v) is 4.18. The van der Waals surface area contributed by atoms with Crippen molar-refractivity contribution in [1.29, 1.82) is 0 Å². The van der Waals surface area contributed by atoms with Gasteiger partial charge in [-0.25, -0.2) is 0 Å². The molecule has 0 fully saturated rings. The number of fused-ring (bicyclic) bond motifs is 3. The molecule has 3 aromatic rings. The second-order valence-electron chi connectivity index (χ2n) is 6.41. The quantitative estimate of drug-likeness (QED) is 0.648. The Morgan fingerprint density at radius 2 is 1.91 bits per heavy atom. The van der Waals surface area contributed by atoms with E-state index in [-0.39, 0.29) is 12.0 Å². The maximum Gasteiger partial charge on any atom is 0.0698 e. The highest BCUT2D eigenvalue weighted by Gasteiger charge is 2.33. The van der Waals surface area contributed by atoms with Crippen molar-refractivity contribution in [3.8, 4) is 0 Å². The lowest BCUT2D eigenvalue weighted by Gasteiger charge is -2.31. The van der Waals surface area contributed by atoms with Crippen molar-refractivity contribution in [3.63, 3.8) is 0 Å². The highest BCUT2D eigenvalue weighted by Crippen LogP contribution is 2.41. The van der Waals surface area contributed by atoms with E-state index in [0.29, 0.717) is 0 Å². The number of aryl methyl sites for hydroxylation is 2. The van der Waals surface area contributed by atoms with Gasteiger partial charge in [-0.3, -0.25) is 0 Å². The van der Waals surface area contributed by atoms with Gasteiger partial charge in [0.25, 0.3) is 0 Å². The summed E-state index contributed by atoms with van der Waals surface area (Å²) in [6.07, 6.45) is 2.34. The van der Waals surface area contributed by atoms with Gasteiger partial charge in [0.2, 0.25) is 0 Å². The van der Waals surface area contributed by atoms with Crippen LogP contribution in [0.1, 0.15) is 34.7 Å². The average Bonchev–Trinajstić information content (AvgIpc) is 2.92. The van der Waals surface area contributed by atoms with Crippen LogP contribution in [0, 0.1) is 6.92 Å². The fraction of sp³-hybridized carbons (Fsp3) is 0.300. The van der Waals surface area contributed by atoms with E-state index < -0.39 is 0 Å². The molecule has 0 spiro atoms. The van der Waals surface area contributed by atoms with E-state index in [1.54, 1.807) is 0 Å². The lowest BCUT2D eigenvalue weighted by Crippen LogP contribution is -2.28. The van der Waals surface area contributed by atoms with Crippen molar-refractivity contribution >= 4 is 26.8 Å².